The van der Waals surface area contributed by atoms with E-state index in [9.17, 15) is 0 Å². The first kappa shape index (κ1) is 11.2. The van der Waals surface area contributed by atoms with Crippen molar-refractivity contribution in [2.45, 2.75) is 13.2 Å². The van der Waals surface area contributed by atoms with Crippen LogP contribution in [0.3, 0.4) is 0 Å². The summed E-state index contributed by atoms with van der Waals surface area (Å²) in [5.41, 5.74) is 6.46. The van der Waals surface area contributed by atoms with E-state index in [2.05, 4.69) is 15.9 Å². The molecule has 0 atom stereocenters. The van der Waals surface area contributed by atoms with Crippen molar-refractivity contribution in [3.63, 3.8) is 0 Å². The Hall–Kier alpha value is -1.26. The van der Waals surface area contributed by atoms with E-state index >= 15 is 0 Å². The van der Waals surface area contributed by atoms with Crippen molar-refractivity contribution in [3.8, 4) is 5.75 Å². The zero-order valence-corrected chi connectivity index (χ0v) is 10.2. The van der Waals surface area contributed by atoms with Crippen molar-refractivity contribution < 1.29 is 9.15 Å². The van der Waals surface area contributed by atoms with Gasteiger partial charge in [-0.15, -0.1) is 0 Å². The topological polar surface area (TPSA) is 48.4 Å². The molecule has 2 N–H and O–H groups in total. The number of nitrogens with two attached hydrogens (primary N) is 1. The molecule has 1 aromatic carbocycles. The van der Waals surface area contributed by atoms with Gasteiger partial charge in [-0.1, -0.05) is 12.1 Å². The minimum absolute atomic E-state index is 0.405. The first-order valence-electron chi connectivity index (χ1n) is 4.93. The van der Waals surface area contributed by atoms with Gasteiger partial charge in [-0.05, 0) is 34.1 Å². The van der Waals surface area contributed by atoms with Gasteiger partial charge >= 0.3 is 0 Å². The second kappa shape index (κ2) is 5.18. The zero-order chi connectivity index (χ0) is 11.4. The first-order valence-corrected chi connectivity index (χ1v) is 5.72. The van der Waals surface area contributed by atoms with Crippen molar-refractivity contribution in [1.82, 2.24) is 0 Å². The molecule has 1 heterocycles. The summed E-state index contributed by atoms with van der Waals surface area (Å²) in [5, 5.41) is 0. The van der Waals surface area contributed by atoms with Gasteiger partial charge in [0.05, 0.1) is 10.7 Å². The van der Waals surface area contributed by atoms with E-state index in [1.165, 1.54) is 0 Å². The van der Waals surface area contributed by atoms with Crippen LogP contribution in [0.4, 0.5) is 0 Å². The molecule has 0 bridgehead atoms. The van der Waals surface area contributed by atoms with Gasteiger partial charge in [-0.25, -0.2) is 0 Å². The van der Waals surface area contributed by atoms with Crippen molar-refractivity contribution in [2.24, 2.45) is 5.73 Å². The van der Waals surface area contributed by atoms with Gasteiger partial charge < -0.3 is 14.9 Å². The Morgan fingerprint density at radius 3 is 2.81 bits per heavy atom. The highest BCUT2D eigenvalue weighted by Crippen LogP contribution is 2.24. The van der Waals surface area contributed by atoms with Gasteiger partial charge in [0.25, 0.3) is 0 Å². The highest BCUT2D eigenvalue weighted by Gasteiger charge is 2.03. The van der Waals surface area contributed by atoms with Crippen LogP contribution in [0.25, 0.3) is 0 Å². The van der Waals surface area contributed by atoms with Crippen LogP contribution in [-0.2, 0) is 13.2 Å². The van der Waals surface area contributed by atoms with Gasteiger partial charge in [-0.3, -0.25) is 0 Å². The lowest BCUT2D eigenvalue weighted by atomic mass is 10.3. The number of rotatable bonds is 4. The van der Waals surface area contributed by atoms with Gasteiger partial charge in [0.2, 0.25) is 0 Å². The summed E-state index contributed by atoms with van der Waals surface area (Å²) in [6.45, 7) is 0.890. The molecule has 16 heavy (non-hydrogen) atoms. The van der Waals surface area contributed by atoms with Gasteiger partial charge in [0.1, 0.15) is 18.1 Å². The molecule has 0 amide bonds. The van der Waals surface area contributed by atoms with Crippen molar-refractivity contribution in [3.05, 3.63) is 52.4 Å². The number of para-hydroxylation sites is 1. The molecule has 4 heteroatoms. The third-order valence-corrected chi connectivity index (χ3v) is 2.81. The lowest BCUT2D eigenvalue weighted by Gasteiger charge is -2.05. The SMILES string of the molecule is NCc1coc(COc2ccccc2Br)c1. The van der Waals surface area contributed by atoms with Crippen LogP contribution in [0.2, 0.25) is 0 Å². The summed E-state index contributed by atoms with van der Waals surface area (Å²) < 4.78 is 11.8. The molecule has 0 aliphatic rings. The molecule has 1 aromatic heterocycles. The average Bonchev–Trinajstić information content (AvgIpc) is 2.76. The summed E-state index contributed by atoms with van der Waals surface area (Å²) in [7, 11) is 0. The minimum Gasteiger partial charge on any atom is -0.484 e. The Labute approximate surface area is 102 Å². The summed E-state index contributed by atoms with van der Waals surface area (Å²) in [6, 6.07) is 9.60. The lowest BCUT2D eigenvalue weighted by molar-refractivity contribution is 0.269. The third-order valence-electron chi connectivity index (χ3n) is 2.15. The van der Waals surface area contributed by atoms with Crippen LogP contribution < -0.4 is 10.5 Å². The zero-order valence-electron chi connectivity index (χ0n) is 8.65. The number of hydrogen-bond donors (Lipinski definition) is 1. The van der Waals surface area contributed by atoms with Crippen molar-refractivity contribution in [1.29, 1.82) is 0 Å². The summed E-state index contributed by atoms with van der Waals surface area (Å²) in [6.07, 6.45) is 1.65. The number of ether oxygens (including phenoxy) is 1. The fourth-order valence-electron chi connectivity index (χ4n) is 1.32. The van der Waals surface area contributed by atoms with Crippen molar-refractivity contribution >= 4 is 15.9 Å². The van der Waals surface area contributed by atoms with Crippen LogP contribution in [0.5, 0.6) is 5.75 Å². The van der Waals surface area contributed by atoms with Crippen LogP contribution in [0, 0.1) is 0 Å². The third kappa shape index (κ3) is 2.65. The fourth-order valence-corrected chi connectivity index (χ4v) is 1.72. The van der Waals surface area contributed by atoms with E-state index in [-0.39, 0.29) is 0 Å². The van der Waals surface area contributed by atoms with E-state index in [1.807, 2.05) is 30.3 Å². The van der Waals surface area contributed by atoms with Crippen LogP contribution in [-0.4, -0.2) is 0 Å². The molecular weight excluding hydrogens is 270 g/mol. The number of hydrogen-bond acceptors (Lipinski definition) is 3. The maximum atomic E-state index is 5.60. The minimum atomic E-state index is 0.405. The van der Waals surface area contributed by atoms with E-state index in [0.29, 0.717) is 13.2 Å². The Morgan fingerprint density at radius 1 is 1.31 bits per heavy atom. The standard InChI is InChI=1S/C12H12BrNO2/c13-11-3-1-2-4-12(11)16-8-10-5-9(6-14)7-15-10/h1-5,7H,6,8,14H2. The summed E-state index contributed by atoms with van der Waals surface area (Å²) >= 11 is 3.41. The average molecular weight is 282 g/mol. The molecule has 3 nitrogen and oxygen atoms in total. The van der Waals surface area contributed by atoms with Gasteiger partial charge in [0, 0.05) is 12.1 Å². The predicted octanol–water partition coefficient (Wildman–Crippen LogP) is 3.08. The molecule has 0 fully saturated rings. The molecule has 0 saturated carbocycles. The monoisotopic (exact) mass is 281 g/mol. The van der Waals surface area contributed by atoms with Crippen LogP contribution >= 0.6 is 15.9 Å². The van der Waals surface area contributed by atoms with Crippen LogP contribution in [0.15, 0.2) is 45.5 Å². The maximum Gasteiger partial charge on any atom is 0.146 e. The Morgan fingerprint density at radius 2 is 2.12 bits per heavy atom. The van der Waals surface area contributed by atoms with Gasteiger partial charge in [-0.2, -0.15) is 0 Å². The van der Waals surface area contributed by atoms with E-state index in [1.54, 1.807) is 6.26 Å². The number of furan rings is 1. The quantitative estimate of drug-likeness (QED) is 0.937. The number of halogens is 1. The molecule has 2 rings (SSSR count). The molecule has 0 spiro atoms. The second-order valence-electron chi connectivity index (χ2n) is 3.34. The molecule has 0 saturated heterocycles. The first-order chi connectivity index (χ1) is 7.79. The molecule has 2 aromatic rings. The Bertz CT molecular complexity index is 468. The molecule has 0 aliphatic carbocycles. The van der Waals surface area contributed by atoms with Crippen LogP contribution in [0.1, 0.15) is 11.3 Å². The number of benzene rings is 1. The van der Waals surface area contributed by atoms with E-state index in [0.717, 1.165) is 21.5 Å². The lowest BCUT2D eigenvalue weighted by Crippen LogP contribution is -1.95. The van der Waals surface area contributed by atoms with Gasteiger partial charge in [0.15, 0.2) is 0 Å². The largest absolute Gasteiger partial charge is 0.484 e. The smallest absolute Gasteiger partial charge is 0.146 e. The highest BCUT2D eigenvalue weighted by atomic mass is 79.9. The Kier molecular flexibility index (Phi) is 3.64. The van der Waals surface area contributed by atoms with E-state index in [4.69, 9.17) is 14.9 Å². The van der Waals surface area contributed by atoms with E-state index < -0.39 is 0 Å². The molecule has 0 radical (unpaired) electrons. The molecule has 0 unspecified atom stereocenters. The van der Waals surface area contributed by atoms with Crippen molar-refractivity contribution in [2.75, 3.05) is 0 Å². The fraction of sp³-hybridized carbons (Fsp3) is 0.167. The normalized spacial score (nSPS) is 10.4. The Balaban J connectivity index is 1.99. The predicted molar refractivity (Wildman–Crippen MR) is 65.1 cm³/mol. The molecular formula is C12H12BrNO2. The second-order valence-corrected chi connectivity index (χ2v) is 4.20. The molecule has 0 aliphatic heterocycles. The summed E-state index contributed by atoms with van der Waals surface area (Å²) in [5.74, 6) is 1.57. The summed E-state index contributed by atoms with van der Waals surface area (Å²) in [4.78, 5) is 0. The molecule has 84 valence electrons. The maximum absolute atomic E-state index is 5.60. The highest BCUT2D eigenvalue weighted by molar-refractivity contribution is 9.10.